The molecule has 17 heavy (non-hydrogen) atoms. The Morgan fingerprint density at radius 2 is 2.12 bits per heavy atom. The molecule has 94 valence electrons. The minimum atomic E-state index is -0.476. The zero-order chi connectivity index (χ0) is 12.5. The lowest BCUT2D eigenvalue weighted by molar-refractivity contribution is 0.179. The van der Waals surface area contributed by atoms with Gasteiger partial charge < -0.3 is 15.3 Å². The average molecular weight is 238 g/mol. The Kier molecular flexibility index (Phi) is 3.35. The van der Waals surface area contributed by atoms with Gasteiger partial charge in [0, 0.05) is 25.2 Å². The number of hydrogen-bond acceptors (Lipinski definition) is 3. The Morgan fingerprint density at radius 3 is 2.82 bits per heavy atom. The van der Waals surface area contributed by atoms with Crippen molar-refractivity contribution >= 4 is 5.69 Å². The molecule has 0 spiro atoms. The summed E-state index contributed by atoms with van der Waals surface area (Å²) < 4.78 is 13.7. The molecule has 2 N–H and O–H groups in total. The van der Waals surface area contributed by atoms with Gasteiger partial charge in [0.2, 0.25) is 0 Å². The molecule has 0 aromatic heterocycles. The summed E-state index contributed by atoms with van der Waals surface area (Å²) in [6.45, 7) is 5.78. The third-order valence-electron chi connectivity index (χ3n) is 3.03. The van der Waals surface area contributed by atoms with E-state index in [9.17, 15) is 9.50 Å². The first-order valence-corrected chi connectivity index (χ1v) is 5.90. The van der Waals surface area contributed by atoms with E-state index < -0.39 is 6.10 Å². The van der Waals surface area contributed by atoms with Crippen LogP contribution in [0.2, 0.25) is 0 Å². The highest BCUT2D eigenvalue weighted by Gasteiger charge is 2.28. The topological polar surface area (TPSA) is 35.5 Å². The number of rotatable bonds is 1. The van der Waals surface area contributed by atoms with Crippen LogP contribution in [0.1, 0.15) is 13.8 Å². The molecule has 0 bridgehead atoms. The number of halogens is 1. The van der Waals surface area contributed by atoms with Gasteiger partial charge in [-0.3, -0.25) is 0 Å². The summed E-state index contributed by atoms with van der Waals surface area (Å²) >= 11 is 0. The number of benzene rings is 1. The molecule has 1 heterocycles. The average Bonchev–Trinajstić information content (AvgIpc) is 2.38. The van der Waals surface area contributed by atoms with Crippen molar-refractivity contribution in [3.05, 3.63) is 30.1 Å². The number of aliphatic hydroxyl groups excluding tert-OH is 1. The molecule has 1 saturated heterocycles. The van der Waals surface area contributed by atoms with Gasteiger partial charge in [0.1, 0.15) is 5.82 Å². The van der Waals surface area contributed by atoms with Crippen molar-refractivity contribution in [2.75, 3.05) is 24.5 Å². The van der Waals surface area contributed by atoms with Crippen LogP contribution in [0.25, 0.3) is 0 Å². The zero-order valence-electron chi connectivity index (χ0n) is 10.3. The van der Waals surface area contributed by atoms with Crippen LogP contribution in [-0.4, -0.2) is 36.4 Å². The Labute approximate surface area is 101 Å². The van der Waals surface area contributed by atoms with Crippen molar-refractivity contribution in [1.29, 1.82) is 0 Å². The largest absolute Gasteiger partial charge is 0.390 e. The fourth-order valence-electron chi connectivity index (χ4n) is 2.20. The van der Waals surface area contributed by atoms with Gasteiger partial charge in [0.15, 0.2) is 0 Å². The quantitative estimate of drug-likeness (QED) is 0.776. The van der Waals surface area contributed by atoms with Gasteiger partial charge in [0.25, 0.3) is 0 Å². The fourth-order valence-corrected chi connectivity index (χ4v) is 2.20. The second kappa shape index (κ2) is 4.63. The molecule has 1 aromatic rings. The van der Waals surface area contributed by atoms with E-state index in [4.69, 9.17) is 0 Å². The molecule has 1 unspecified atom stereocenters. The monoisotopic (exact) mass is 238 g/mol. The summed E-state index contributed by atoms with van der Waals surface area (Å²) in [6, 6.07) is 6.70. The van der Waals surface area contributed by atoms with Crippen LogP contribution in [0.4, 0.5) is 10.1 Å². The van der Waals surface area contributed by atoms with Crippen LogP contribution < -0.4 is 10.2 Å². The molecule has 2 rings (SSSR count). The highest BCUT2D eigenvalue weighted by molar-refractivity contribution is 5.48. The maximum atomic E-state index is 13.7. The first-order chi connectivity index (χ1) is 7.98. The molecule has 1 aromatic carbocycles. The van der Waals surface area contributed by atoms with Crippen LogP contribution in [-0.2, 0) is 0 Å². The zero-order valence-corrected chi connectivity index (χ0v) is 10.3. The molecule has 1 aliphatic rings. The summed E-state index contributed by atoms with van der Waals surface area (Å²) in [7, 11) is 0. The predicted octanol–water partition coefficient (Wildman–Crippen LogP) is 1.37. The van der Waals surface area contributed by atoms with Gasteiger partial charge in [-0.2, -0.15) is 0 Å². The molecule has 3 nitrogen and oxygen atoms in total. The van der Waals surface area contributed by atoms with Gasteiger partial charge in [-0.25, -0.2) is 4.39 Å². The summed E-state index contributed by atoms with van der Waals surface area (Å²) in [5.41, 5.74) is 0.420. The predicted molar refractivity (Wildman–Crippen MR) is 66.7 cm³/mol. The van der Waals surface area contributed by atoms with E-state index in [-0.39, 0.29) is 11.4 Å². The first kappa shape index (κ1) is 12.3. The summed E-state index contributed by atoms with van der Waals surface area (Å²) in [6.07, 6.45) is -0.476. The number of para-hydroxylation sites is 1. The Bertz CT molecular complexity index is 395. The molecular formula is C13H19FN2O. The second-order valence-corrected chi connectivity index (χ2v) is 5.25. The van der Waals surface area contributed by atoms with Crippen LogP contribution >= 0.6 is 0 Å². The van der Waals surface area contributed by atoms with Crippen molar-refractivity contribution in [2.45, 2.75) is 25.5 Å². The van der Waals surface area contributed by atoms with E-state index in [0.29, 0.717) is 25.3 Å². The number of nitrogens with one attached hydrogen (secondary N) is 1. The molecule has 0 amide bonds. The lowest BCUT2D eigenvalue weighted by Gasteiger charge is -2.31. The summed E-state index contributed by atoms with van der Waals surface area (Å²) in [4.78, 5) is 1.90. The molecule has 0 radical (unpaired) electrons. The Hall–Kier alpha value is -1.13. The van der Waals surface area contributed by atoms with Crippen LogP contribution in [0.3, 0.4) is 0 Å². The normalized spacial score (nSPS) is 24.5. The summed E-state index contributed by atoms with van der Waals surface area (Å²) in [5, 5.41) is 13.1. The molecule has 0 saturated carbocycles. The first-order valence-electron chi connectivity index (χ1n) is 5.90. The van der Waals surface area contributed by atoms with Crippen molar-refractivity contribution in [3.63, 3.8) is 0 Å². The third-order valence-corrected chi connectivity index (χ3v) is 3.03. The number of anilines is 1. The SMILES string of the molecule is CC1(C)CN(c2ccccc2F)CC(O)CN1. The molecule has 4 heteroatoms. The van der Waals surface area contributed by atoms with E-state index >= 15 is 0 Å². The molecule has 1 fully saturated rings. The second-order valence-electron chi connectivity index (χ2n) is 5.25. The van der Waals surface area contributed by atoms with E-state index in [1.807, 2.05) is 11.0 Å². The maximum absolute atomic E-state index is 13.7. The van der Waals surface area contributed by atoms with Crippen LogP contribution in [0.15, 0.2) is 24.3 Å². The van der Waals surface area contributed by atoms with Gasteiger partial charge in [-0.1, -0.05) is 12.1 Å². The standard InChI is InChI=1S/C13H19FN2O/c1-13(2)9-16(8-10(17)7-15-13)12-6-4-3-5-11(12)14/h3-6,10,15,17H,7-9H2,1-2H3. The Morgan fingerprint density at radius 1 is 1.41 bits per heavy atom. The number of β-amino-alcohol motifs (C(OH)–C–C–N with tert-alkyl or cyclic N) is 1. The van der Waals surface area contributed by atoms with Crippen LogP contribution in [0, 0.1) is 5.82 Å². The minimum Gasteiger partial charge on any atom is -0.390 e. The van der Waals surface area contributed by atoms with Crippen molar-refractivity contribution < 1.29 is 9.50 Å². The lowest BCUT2D eigenvalue weighted by Crippen LogP contribution is -2.46. The van der Waals surface area contributed by atoms with E-state index in [0.717, 1.165) is 0 Å². The van der Waals surface area contributed by atoms with Gasteiger partial charge in [0.05, 0.1) is 11.8 Å². The fraction of sp³-hybridized carbons (Fsp3) is 0.538. The molecule has 1 aliphatic heterocycles. The van der Waals surface area contributed by atoms with E-state index in [2.05, 4.69) is 19.2 Å². The van der Waals surface area contributed by atoms with Crippen molar-refractivity contribution in [3.8, 4) is 0 Å². The highest BCUT2D eigenvalue weighted by Crippen LogP contribution is 2.22. The maximum Gasteiger partial charge on any atom is 0.146 e. The van der Waals surface area contributed by atoms with Gasteiger partial charge in [-0.05, 0) is 26.0 Å². The van der Waals surface area contributed by atoms with Gasteiger partial charge >= 0.3 is 0 Å². The third kappa shape index (κ3) is 2.96. The molecule has 0 aliphatic carbocycles. The van der Waals surface area contributed by atoms with Gasteiger partial charge in [-0.15, -0.1) is 0 Å². The van der Waals surface area contributed by atoms with E-state index in [1.165, 1.54) is 6.07 Å². The van der Waals surface area contributed by atoms with E-state index in [1.54, 1.807) is 12.1 Å². The van der Waals surface area contributed by atoms with Crippen LogP contribution in [0.5, 0.6) is 0 Å². The van der Waals surface area contributed by atoms with Crippen molar-refractivity contribution in [2.24, 2.45) is 0 Å². The highest BCUT2D eigenvalue weighted by atomic mass is 19.1. The van der Waals surface area contributed by atoms with Crippen molar-refractivity contribution in [1.82, 2.24) is 5.32 Å². The summed E-state index contributed by atoms with van der Waals surface area (Å²) in [5.74, 6) is -0.239. The number of hydrogen-bond donors (Lipinski definition) is 2. The lowest BCUT2D eigenvalue weighted by atomic mass is 10.1. The smallest absolute Gasteiger partial charge is 0.146 e. The molecular weight excluding hydrogens is 219 g/mol. The molecule has 1 atom stereocenters. The Balaban J connectivity index is 2.27. The minimum absolute atomic E-state index is 0.139. The number of nitrogens with zero attached hydrogens (tertiary/aromatic N) is 1. The number of aliphatic hydroxyl groups is 1.